The summed E-state index contributed by atoms with van der Waals surface area (Å²) in [5.74, 6) is -0.384. The van der Waals surface area contributed by atoms with Gasteiger partial charge in [-0.3, -0.25) is 15.0 Å². The number of benzene rings is 1. The van der Waals surface area contributed by atoms with Crippen molar-refractivity contribution in [3.63, 3.8) is 0 Å². The monoisotopic (exact) mass is 450 g/mol. The Hall–Kier alpha value is -3.03. The van der Waals surface area contributed by atoms with E-state index in [0.29, 0.717) is 39.6 Å². The van der Waals surface area contributed by atoms with Gasteiger partial charge in [-0.2, -0.15) is 5.10 Å². The van der Waals surface area contributed by atoms with Crippen molar-refractivity contribution >= 4 is 28.3 Å². The van der Waals surface area contributed by atoms with E-state index >= 15 is 0 Å². The molecule has 0 spiro atoms. The number of H-pyrrole nitrogens is 1. The zero-order chi connectivity index (χ0) is 22.4. The average Bonchev–Trinajstić information content (AvgIpc) is 3.27. The molecule has 1 aliphatic heterocycles. The molecule has 1 saturated heterocycles. The van der Waals surface area contributed by atoms with Crippen LogP contribution in [0, 0.1) is 5.82 Å². The SMILES string of the molecule is CC1CN(c2cnc3ccc(-c4c[nH]nc4-c4cc(Cl)ccc4F)nc3c2)C(C)CN1C. The number of fused-ring (bicyclic) bond motifs is 1. The highest BCUT2D eigenvalue weighted by molar-refractivity contribution is 6.30. The minimum Gasteiger partial charge on any atom is -0.365 e. The zero-order valence-electron chi connectivity index (χ0n) is 18.2. The van der Waals surface area contributed by atoms with Crippen LogP contribution in [0.4, 0.5) is 10.1 Å². The quantitative estimate of drug-likeness (QED) is 0.475. The van der Waals surface area contributed by atoms with Crippen molar-refractivity contribution in [2.75, 3.05) is 25.0 Å². The molecule has 5 rings (SSSR count). The summed E-state index contributed by atoms with van der Waals surface area (Å²) in [6.45, 7) is 6.40. The normalized spacial score (nSPS) is 19.6. The van der Waals surface area contributed by atoms with Gasteiger partial charge in [-0.1, -0.05) is 11.6 Å². The Morgan fingerprint density at radius 2 is 1.88 bits per heavy atom. The summed E-state index contributed by atoms with van der Waals surface area (Å²) in [6, 6.07) is 11.2. The van der Waals surface area contributed by atoms with E-state index in [1.54, 1.807) is 12.3 Å². The molecule has 1 fully saturated rings. The number of likely N-dealkylation sites (N-methyl/N-ethyl adjacent to an activating group) is 1. The molecule has 0 bridgehead atoms. The van der Waals surface area contributed by atoms with Crippen molar-refractivity contribution in [2.24, 2.45) is 0 Å². The predicted molar refractivity (Wildman–Crippen MR) is 126 cm³/mol. The zero-order valence-corrected chi connectivity index (χ0v) is 18.9. The number of nitrogens with zero attached hydrogens (tertiary/aromatic N) is 5. The number of piperazine rings is 1. The molecule has 6 nitrogen and oxygen atoms in total. The van der Waals surface area contributed by atoms with Crippen LogP contribution in [-0.2, 0) is 0 Å². The van der Waals surface area contributed by atoms with Gasteiger partial charge in [0, 0.05) is 47.5 Å². The van der Waals surface area contributed by atoms with Gasteiger partial charge in [-0.05, 0) is 57.3 Å². The molecule has 1 aromatic carbocycles. The highest BCUT2D eigenvalue weighted by atomic mass is 35.5. The van der Waals surface area contributed by atoms with E-state index in [2.05, 4.69) is 51.9 Å². The minimum atomic E-state index is -0.384. The molecular weight excluding hydrogens is 427 g/mol. The van der Waals surface area contributed by atoms with Gasteiger partial charge in [0.2, 0.25) is 0 Å². The van der Waals surface area contributed by atoms with Gasteiger partial charge in [0.05, 0.1) is 28.6 Å². The van der Waals surface area contributed by atoms with E-state index in [4.69, 9.17) is 16.6 Å². The number of halogens is 2. The Morgan fingerprint density at radius 3 is 2.72 bits per heavy atom. The van der Waals surface area contributed by atoms with Gasteiger partial charge in [-0.25, -0.2) is 9.37 Å². The van der Waals surface area contributed by atoms with Gasteiger partial charge < -0.3 is 4.90 Å². The van der Waals surface area contributed by atoms with Crippen LogP contribution >= 0.6 is 11.6 Å². The highest BCUT2D eigenvalue weighted by Crippen LogP contribution is 2.33. The van der Waals surface area contributed by atoms with E-state index in [9.17, 15) is 4.39 Å². The van der Waals surface area contributed by atoms with Crippen LogP contribution in [0.15, 0.2) is 48.8 Å². The molecule has 0 saturated carbocycles. The molecular formula is C24H24ClFN6. The molecule has 1 aliphatic rings. The molecule has 32 heavy (non-hydrogen) atoms. The lowest BCUT2D eigenvalue weighted by Gasteiger charge is -2.43. The summed E-state index contributed by atoms with van der Waals surface area (Å²) in [5, 5.41) is 7.56. The molecule has 4 heterocycles. The molecule has 2 unspecified atom stereocenters. The standard InChI is InChI=1S/C24H24ClFN6/c1-14-13-32(15(2)12-31(14)3)17-9-23-22(27-10-17)7-6-21(29-23)19-11-28-30-24(19)18-8-16(25)4-5-20(18)26/h4-11,14-15H,12-13H2,1-3H3,(H,28,30). The second-order valence-electron chi connectivity index (χ2n) is 8.49. The molecule has 1 N–H and O–H groups in total. The van der Waals surface area contributed by atoms with E-state index in [-0.39, 0.29) is 5.82 Å². The van der Waals surface area contributed by atoms with Gasteiger partial charge in [0.1, 0.15) is 11.5 Å². The van der Waals surface area contributed by atoms with Crippen LogP contribution in [0.25, 0.3) is 33.5 Å². The smallest absolute Gasteiger partial charge is 0.132 e. The third-order valence-electron chi connectivity index (χ3n) is 6.25. The third kappa shape index (κ3) is 3.72. The largest absolute Gasteiger partial charge is 0.365 e. The maximum absolute atomic E-state index is 14.5. The van der Waals surface area contributed by atoms with Crippen molar-refractivity contribution in [3.05, 3.63) is 59.6 Å². The Bertz CT molecular complexity index is 1290. The first-order chi connectivity index (χ1) is 15.4. The van der Waals surface area contributed by atoms with Gasteiger partial charge in [-0.15, -0.1) is 0 Å². The second kappa shape index (κ2) is 8.15. The second-order valence-corrected chi connectivity index (χ2v) is 8.93. The number of pyridine rings is 2. The Kier molecular flexibility index (Phi) is 5.31. The van der Waals surface area contributed by atoms with E-state index < -0.39 is 0 Å². The molecule has 0 radical (unpaired) electrons. The first kappa shape index (κ1) is 20.8. The number of aromatic nitrogens is 4. The maximum atomic E-state index is 14.5. The molecule has 3 aromatic heterocycles. The molecule has 8 heteroatoms. The molecule has 164 valence electrons. The summed E-state index contributed by atoms with van der Waals surface area (Å²) < 4.78 is 14.5. The van der Waals surface area contributed by atoms with Gasteiger partial charge in [0.25, 0.3) is 0 Å². The fraction of sp³-hybridized carbons (Fsp3) is 0.292. The van der Waals surface area contributed by atoms with E-state index in [0.717, 1.165) is 29.8 Å². The molecule has 0 amide bonds. The fourth-order valence-corrected chi connectivity index (χ4v) is 4.50. The molecule has 4 aromatic rings. The lowest BCUT2D eigenvalue weighted by Crippen LogP contribution is -2.55. The van der Waals surface area contributed by atoms with Crippen molar-refractivity contribution in [1.29, 1.82) is 0 Å². The predicted octanol–water partition coefficient (Wildman–Crippen LogP) is 5.01. The first-order valence-corrected chi connectivity index (χ1v) is 11.0. The fourth-order valence-electron chi connectivity index (χ4n) is 4.33. The van der Waals surface area contributed by atoms with Crippen LogP contribution in [0.2, 0.25) is 5.02 Å². The van der Waals surface area contributed by atoms with Crippen molar-refractivity contribution < 1.29 is 4.39 Å². The minimum absolute atomic E-state index is 0.336. The van der Waals surface area contributed by atoms with Crippen LogP contribution in [0.3, 0.4) is 0 Å². The average molecular weight is 451 g/mol. The Balaban J connectivity index is 1.55. The van der Waals surface area contributed by atoms with Crippen LogP contribution in [0.5, 0.6) is 0 Å². The molecule has 0 aliphatic carbocycles. The van der Waals surface area contributed by atoms with E-state index in [1.165, 1.54) is 12.1 Å². The van der Waals surface area contributed by atoms with Crippen LogP contribution in [-0.4, -0.2) is 57.3 Å². The summed E-state index contributed by atoms with van der Waals surface area (Å²) in [5.41, 5.74) is 4.87. The lowest BCUT2D eigenvalue weighted by atomic mass is 10.0. The van der Waals surface area contributed by atoms with Crippen LogP contribution in [0.1, 0.15) is 13.8 Å². The Labute approximate surface area is 191 Å². The lowest BCUT2D eigenvalue weighted by molar-refractivity contribution is 0.206. The number of aromatic amines is 1. The van der Waals surface area contributed by atoms with Crippen molar-refractivity contribution in [2.45, 2.75) is 25.9 Å². The number of hydrogen-bond donors (Lipinski definition) is 1. The summed E-state index contributed by atoms with van der Waals surface area (Å²) >= 11 is 6.10. The first-order valence-electron chi connectivity index (χ1n) is 10.6. The summed E-state index contributed by atoms with van der Waals surface area (Å²) in [6.07, 6.45) is 3.65. The number of nitrogens with one attached hydrogen (secondary N) is 1. The van der Waals surface area contributed by atoms with Crippen molar-refractivity contribution in [3.8, 4) is 22.5 Å². The topological polar surface area (TPSA) is 60.9 Å². The summed E-state index contributed by atoms with van der Waals surface area (Å²) in [4.78, 5) is 14.3. The number of rotatable bonds is 3. The highest BCUT2D eigenvalue weighted by Gasteiger charge is 2.27. The number of anilines is 1. The van der Waals surface area contributed by atoms with E-state index in [1.807, 2.05) is 18.3 Å². The van der Waals surface area contributed by atoms with Crippen LogP contribution < -0.4 is 4.90 Å². The third-order valence-corrected chi connectivity index (χ3v) is 6.49. The number of hydrogen-bond acceptors (Lipinski definition) is 5. The van der Waals surface area contributed by atoms with Gasteiger partial charge >= 0.3 is 0 Å². The van der Waals surface area contributed by atoms with Gasteiger partial charge in [0.15, 0.2) is 0 Å². The summed E-state index contributed by atoms with van der Waals surface area (Å²) in [7, 11) is 2.16. The Morgan fingerprint density at radius 1 is 1.03 bits per heavy atom. The van der Waals surface area contributed by atoms with Crippen molar-refractivity contribution in [1.82, 2.24) is 25.1 Å². The maximum Gasteiger partial charge on any atom is 0.132 e. The molecule has 2 atom stereocenters.